The smallest absolute Gasteiger partial charge is 0.247 e. The first-order valence-electron chi connectivity index (χ1n) is 11.7. The standard InChI is InChI=1S/C28H29N5O2/c1-19(21-10-8-20(15-29)9-11-21)16-31-27(22-6-4-3-5-7-22)28(35)32-25-13-12-23(17-30-25)24-14-26(34)33(2)18-24/h3-13,17,19,24,27,31H,14,16,18H2,1-2H3,(H,30,32,35)/t19-,24?,27-/m1/s1. The Bertz CT molecular complexity index is 1200. The molecule has 178 valence electrons. The SMILES string of the molecule is C[C@H](CN[C@@H](C(=O)Nc1ccc(C2CC(=O)N(C)C2)cn1)c1ccccc1)c1ccc(C#N)cc1. The van der Waals surface area contributed by atoms with Gasteiger partial charge in [0.2, 0.25) is 11.8 Å². The number of carbonyl (C=O) groups is 2. The topological polar surface area (TPSA) is 98.1 Å². The van der Waals surface area contributed by atoms with Crippen LogP contribution in [0.25, 0.3) is 0 Å². The number of nitrogens with one attached hydrogen (secondary N) is 2. The van der Waals surface area contributed by atoms with Crippen molar-refractivity contribution in [3.05, 3.63) is 95.2 Å². The summed E-state index contributed by atoms with van der Waals surface area (Å²) in [5, 5.41) is 15.3. The molecule has 35 heavy (non-hydrogen) atoms. The van der Waals surface area contributed by atoms with Crippen LogP contribution < -0.4 is 10.6 Å². The largest absolute Gasteiger partial charge is 0.345 e. The van der Waals surface area contributed by atoms with Gasteiger partial charge in [-0.1, -0.05) is 55.5 Å². The Morgan fingerprint density at radius 3 is 2.46 bits per heavy atom. The van der Waals surface area contributed by atoms with Crippen molar-refractivity contribution in [2.24, 2.45) is 0 Å². The normalized spacial score (nSPS) is 17.0. The Morgan fingerprint density at radius 1 is 1.11 bits per heavy atom. The highest BCUT2D eigenvalue weighted by molar-refractivity contribution is 5.94. The van der Waals surface area contributed by atoms with Gasteiger partial charge in [-0.15, -0.1) is 0 Å². The van der Waals surface area contributed by atoms with Gasteiger partial charge in [-0.3, -0.25) is 9.59 Å². The number of aromatic nitrogens is 1. The molecule has 0 radical (unpaired) electrons. The summed E-state index contributed by atoms with van der Waals surface area (Å²) in [5.41, 5.74) is 3.58. The fraction of sp³-hybridized carbons (Fsp3) is 0.286. The highest BCUT2D eigenvalue weighted by Gasteiger charge is 2.28. The van der Waals surface area contributed by atoms with Crippen molar-refractivity contribution in [2.75, 3.05) is 25.5 Å². The number of rotatable bonds is 8. The molecule has 0 bridgehead atoms. The quantitative estimate of drug-likeness (QED) is 0.522. The van der Waals surface area contributed by atoms with Gasteiger partial charge in [0.25, 0.3) is 0 Å². The maximum atomic E-state index is 13.3. The van der Waals surface area contributed by atoms with Gasteiger partial charge < -0.3 is 15.5 Å². The monoisotopic (exact) mass is 467 g/mol. The molecular formula is C28H29N5O2. The highest BCUT2D eigenvalue weighted by atomic mass is 16.2. The zero-order chi connectivity index (χ0) is 24.8. The number of likely N-dealkylation sites (tertiary alicyclic amines) is 1. The minimum absolute atomic E-state index is 0.132. The van der Waals surface area contributed by atoms with Gasteiger partial charge in [0, 0.05) is 38.7 Å². The number of nitrogens with zero attached hydrogens (tertiary/aromatic N) is 3. The zero-order valence-corrected chi connectivity index (χ0v) is 19.9. The molecule has 0 saturated carbocycles. The number of anilines is 1. The van der Waals surface area contributed by atoms with E-state index in [4.69, 9.17) is 5.26 Å². The van der Waals surface area contributed by atoms with Gasteiger partial charge in [-0.05, 0) is 40.8 Å². The molecule has 4 rings (SSSR count). The van der Waals surface area contributed by atoms with E-state index in [1.54, 1.807) is 17.2 Å². The molecule has 3 atom stereocenters. The van der Waals surface area contributed by atoms with Crippen LogP contribution in [0.15, 0.2) is 72.9 Å². The maximum absolute atomic E-state index is 13.3. The minimum atomic E-state index is -0.556. The molecule has 2 aromatic carbocycles. The van der Waals surface area contributed by atoms with Crippen LogP contribution in [0.1, 0.15) is 53.5 Å². The van der Waals surface area contributed by atoms with Gasteiger partial charge >= 0.3 is 0 Å². The fourth-order valence-electron chi connectivity index (χ4n) is 4.31. The number of amides is 2. The molecule has 1 aliphatic heterocycles. The minimum Gasteiger partial charge on any atom is -0.345 e. The summed E-state index contributed by atoms with van der Waals surface area (Å²) in [4.78, 5) is 31.3. The van der Waals surface area contributed by atoms with E-state index in [0.717, 1.165) is 16.7 Å². The first-order valence-corrected chi connectivity index (χ1v) is 11.7. The van der Waals surface area contributed by atoms with Crippen LogP contribution in [-0.2, 0) is 9.59 Å². The summed E-state index contributed by atoms with van der Waals surface area (Å²) in [6.07, 6.45) is 2.23. The van der Waals surface area contributed by atoms with Gasteiger partial charge in [-0.2, -0.15) is 5.26 Å². The molecule has 2 amide bonds. The Balaban J connectivity index is 1.43. The van der Waals surface area contributed by atoms with Crippen LogP contribution in [0.2, 0.25) is 0 Å². The summed E-state index contributed by atoms with van der Waals surface area (Å²) in [6, 6.07) is 22.4. The molecule has 7 nitrogen and oxygen atoms in total. The van der Waals surface area contributed by atoms with E-state index < -0.39 is 6.04 Å². The number of carbonyl (C=O) groups excluding carboxylic acids is 2. The zero-order valence-electron chi connectivity index (χ0n) is 19.9. The number of pyridine rings is 1. The molecule has 0 spiro atoms. The van der Waals surface area contributed by atoms with Gasteiger partial charge in [0.05, 0.1) is 11.6 Å². The molecule has 1 saturated heterocycles. The van der Waals surface area contributed by atoms with Crippen molar-refractivity contribution in [1.29, 1.82) is 5.26 Å². The highest BCUT2D eigenvalue weighted by Crippen LogP contribution is 2.27. The molecule has 1 aliphatic rings. The second-order valence-corrected chi connectivity index (χ2v) is 9.03. The second kappa shape index (κ2) is 10.9. The van der Waals surface area contributed by atoms with Gasteiger partial charge in [0.15, 0.2) is 0 Å². The third kappa shape index (κ3) is 5.92. The van der Waals surface area contributed by atoms with E-state index in [1.165, 1.54) is 0 Å². The molecule has 1 aromatic heterocycles. The van der Waals surface area contributed by atoms with Crippen LogP contribution in [0.4, 0.5) is 5.82 Å². The summed E-state index contributed by atoms with van der Waals surface area (Å²) in [5.74, 6) is 0.691. The van der Waals surface area contributed by atoms with Crippen molar-refractivity contribution in [3.63, 3.8) is 0 Å². The summed E-state index contributed by atoms with van der Waals surface area (Å²) in [7, 11) is 1.81. The fourth-order valence-corrected chi connectivity index (χ4v) is 4.31. The Kier molecular flexibility index (Phi) is 7.54. The molecule has 0 aliphatic carbocycles. The Labute approximate surface area is 205 Å². The van der Waals surface area contributed by atoms with Crippen molar-refractivity contribution in [1.82, 2.24) is 15.2 Å². The molecule has 3 aromatic rings. The molecule has 7 heteroatoms. The van der Waals surface area contributed by atoms with E-state index >= 15 is 0 Å². The van der Waals surface area contributed by atoms with E-state index in [2.05, 4.69) is 28.6 Å². The average molecular weight is 468 g/mol. The van der Waals surface area contributed by atoms with E-state index in [0.29, 0.717) is 30.9 Å². The predicted molar refractivity (Wildman–Crippen MR) is 135 cm³/mol. The molecular weight excluding hydrogens is 438 g/mol. The molecule has 1 fully saturated rings. The lowest BCUT2D eigenvalue weighted by atomic mass is 9.98. The number of benzene rings is 2. The van der Waals surface area contributed by atoms with Crippen molar-refractivity contribution in [3.8, 4) is 6.07 Å². The van der Waals surface area contributed by atoms with Crippen LogP contribution in [0.5, 0.6) is 0 Å². The molecule has 2 heterocycles. The Hall–Kier alpha value is -4.02. The van der Waals surface area contributed by atoms with E-state index in [-0.39, 0.29) is 23.7 Å². The average Bonchev–Trinajstić information content (AvgIpc) is 3.23. The Morgan fingerprint density at radius 2 is 1.86 bits per heavy atom. The third-order valence-electron chi connectivity index (χ3n) is 6.48. The lowest BCUT2D eigenvalue weighted by Crippen LogP contribution is -2.35. The number of likely N-dealkylation sites (N-methyl/N-ethyl adjacent to an activating group) is 1. The summed E-state index contributed by atoms with van der Waals surface area (Å²) >= 11 is 0. The van der Waals surface area contributed by atoms with Crippen LogP contribution >= 0.6 is 0 Å². The molecule has 2 N–H and O–H groups in total. The van der Waals surface area contributed by atoms with Crippen LogP contribution in [-0.4, -0.2) is 41.8 Å². The predicted octanol–water partition coefficient (Wildman–Crippen LogP) is 3.97. The van der Waals surface area contributed by atoms with E-state index in [9.17, 15) is 9.59 Å². The first-order chi connectivity index (χ1) is 16.9. The van der Waals surface area contributed by atoms with Crippen molar-refractivity contribution >= 4 is 17.6 Å². The number of hydrogen-bond acceptors (Lipinski definition) is 5. The van der Waals surface area contributed by atoms with Crippen molar-refractivity contribution in [2.45, 2.75) is 31.2 Å². The molecule has 1 unspecified atom stereocenters. The van der Waals surface area contributed by atoms with Crippen LogP contribution in [0.3, 0.4) is 0 Å². The first kappa shape index (κ1) is 24.1. The number of nitriles is 1. The van der Waals surface area contributed by atoms with Gasteiger partial charge in [-0.25, -0.2) is 4.98 Å². The number of hydrogen-bond donors (Lipinski definition) is 2. The lowest BCUT2D eigenvalue weighted by Gasteiger charge is -2.21. The summed E-state index contributed by atoms with van der Waals surface area (Å²) in [6.45, 7) is 3.35. The van der Waals surface area contributed by atoms with Crippen LogP contribution in [0, 0.1) is 11.3 Å². The van der Waals surface area contributed by atoms with Crippen molar-refractivity contribution < 1.29 is 9.59 Å². The maximum Gasteiger partial charge on any atom is 0.247 e. The van der Waals surface area contributed by atoms with E-state index in [1.807, 2.05) is 67.7 Å². The third-order valence-corrected chi connectivity index (χ3v) is 6.48. The lowest BCUT2D eigenvalue weighted by molar-refractivity contribution is -0.126. The van der Waals surface area contributed by atoms with Gasteiger partial charge in [0.1, 0.15) is 11.9 Å². The second-order valence-electron chi connectivity index (χ2n) is 9.03. The summed E-state index contributed by atoms with van der Waals surface area (Å²) < 4.78 is 0.